The van der Waals surface area contributed by atoms with E-state index < -0.39 is 6.10 Å². The van der Waals surface area contributed by atoms with E-state index in [1.165, 1.54) is 6.42 Å². The summed E-state index contributed by atoms with van der Waals surface area (Å²) in [4.78, 5) is 0. The Morgan fingerprint density at radius 2 is 1.76 bits per heavy atom. The van der Waals surface area contributed by atoms with Crippen LogP contribution in [0.25, 0.3) is 0 Å². The van der Waals surface area contributed by atoms with Gasteiger partial charge in [-0.25, -0.2) is 0 Å². The number of hydrogen-bond acceptors (Lipinski definition) is 4. The van der Waals surface area contributed by atoms with Crippen LogP contribution in [0.1, 0.15) is 65.2 Å². The molecule has 4 N–H and O–H groups in total. The molecule has 0 unspecified atom stereocenters. The molecule has 0 aromatic rings. The molecule has 4 fully saturated rings. The zero-order chi connectivity index (χ0) is 18.0. The first-order chi connectivity index (χ1) is 11.8. The van der Waals surface area contributed by atoms with E-state index in [1.807, 2.05) is 0 Å². The lowest BCUT2D eigenvalue weighted by Crippen LogP contribution is -2.59. The Hall–Kier alpha value is -0.160. The largest absolute Gasteiger partial charge is 0.394 e. The van der Waals surface area contributed by atoms with Gasteiger partial charge in [0.05, 0.1) is 24.9 Å². The number of aliphatic hydroxyl groups is 4. The number of hydrogen-bond donors (Lipinski definition) is 4. The topological polar surface area (TPSA) is 80.9 Å². The smallest absolute Gasteiger partial charge is 0.0804 e. The molecule has 0 aromatic heterocycles. The minimum absolute atomic E-state index is 0.0554. The van der Waals surface area contributed by atoms with Gasteiger partial charge in [-0.15, -0.1) is 0 Å². The molecule has 0 saturated heterocycles. The van der Waals surface area contributed by atoms with Gasteiger partial charge in [-0.05, 0) is 91.8 Å². The Morgan fingerprint density at radius 3 is 2.48 bits per heavy atom. The molecule has 0 aromatic carbocycles. The van der Waals surface area contributed by atoms with Gasteiger partial charge in [0.25, 0.3) is 0 Å². The van der Waals surface area contributed by atoms with Crippen molar-refractivity contribution in [1.29, 1.82) is 0 Å². The molecule has 4 aliphatic carbocycles. The molecule has 4 aliphatic rings. The maximum Gasteiger partial charge on any atom is 0.0804 e. The predicted molar refractivity (Wildman–Crippen MR) is 95.7 cm³/mol. The quantitative estimate of drug-likeness (QED) is 0.615. The summed E-state index contributed by atoms with van der Waals surface area (Å²) in [6.45, 7) is 4.46. The van der Waals surface area contributed by atoms with Crippen LogP contribution in [0, 0.1) is 40.4 Å². The third kappa shape index (κ3) is 2.55. The maximum atomic E-state index is 11.3. The standard InChI is InChI=1S/C21H36O4/c1-20-8-7-13(23)9-12(20)3-4-14-15-5-6-16(18(25)11-22)21(15,2)10-17(24)19(14)20/h12-19,22-25H,3-11H2,1-2H3/t12-,13-,14+,15+,16-,17+,18-,19-,20+,21+/m1/s1. The summed E-state index contributed by atoms with van der Waals surface area (Å²) in [5.74, 6) is 2.06. The van der Waals surface area contributed by atoms with Crippen LogP contribution in [0.4, 0.5) is 0 Å². The Labute approximate surface area is 151 Å². The van der Waals surface area contributed by atoms with Crippen molar-refractivity contribution in [2.45, 2.75) is 83.5 Å². The van der Waals surface area contributed by atoms with Crippen LogP contribution in [-0.4, -0.2) is 45.3 Å². The first-order valence-corrected chi connectivity index (χ1v) is 10.5. The lowest BCUT2D eigenvalue weighted by molar-refractivity contribution is -0.183. The average Bonchev–Trinajstić information content (AvgIpc) is 2.91. The Morgan fingerprint density at radius 1 is 1.00 bits per heavy atom. The first kappa shape index (κ1) is 18.2. The molecule has 4 heteroatoms. The van der Waals surface area contributed by atoms with Gasteiger partial charge < -0.3 is 20.4 Å². The molecule has 0 radical (unpaired) electrons. The van der Waals surface area contributed by atoms with Crippen LogP contribution in [0.15, 0.2) is 0 Å². The molecule has 0 spiro atoms. The maximum absolute atomic E-state index is 11.3. The highest BCUT2D eigenvalue weighted by Crippen LogP contribution is 2.67. The molecule has 0 bridgehead atoms. The van der Waals surface area contributed by atoms with E-state index in [2.05, 4.69) is 13.8 Å². The normalized spacial score (nSPS) is 56.6. The van der Waals surface area contributed by atoms with Gasteiger partial charge in [0.1, 0.15) is 0 Å². The van der Waals surface area contributed by atoms with E-state index in [1.54, 1.807) is 0 Å². The second kappa shape index (κ2) is 6.19. The van der Waals surface area contributed by atoms with Gasteiger partial charge >= 0.3 is 0 Å². The Bertz CT molecular complexity index is 510. The molecule has 0 heterocycles. The third-order valence-electron chi connectivity index (χ3n) is 9.29. The van der Waals surface area contributed by atoms with Crippen molar-refractivity contribution in [3.05, 3.63) is 0 Å². The summed E-state index contributed by atoms with van der Waals surface area (Å²) < 4.78 is 0. The molecule has 4 rings (SSSR count). The van der Waals surface area contributed by atoms with Crippen molar-refractivity contribution in [3.63, 3.8) is 0 Å². The summed E-state index contributed by atoms with van der Waals surface area (Å²) in [6.07, 6.45) is 6.84. The Kier molecular flexibility index (Phi) is 4.51. The molecule has 4 saturated carbocycles. The fraction of sp³-hybridized carbons (Fsp3) is 1.00. The van der Waals surface area contributed by atoms with Crippen molar-refractivity contribution in [2.75, 3.05) is 6.61 Å². The average molecular weight is 353 g/mol. The zero-order valence-corrected chi connectivity index (χ0v) is 15.8. The van der Waals surface area contributed by atoms with Crippen LogP contribution in [-0.2, 0) is 0 Å². The number of rotatable bonds is 2. The zero-order valence-electron chi connectivity index (χ0n) is 15.8. The minimum Gasteiger partial charge on any atom is -0.394 e. The summed E-state index contributed by atoms with van der Waals surface area (Å²) >= 11 is 0. The van der Waals surface area contributed by atoms with Gasteiger partial charge in [0, 0.05) is 0 Å². The van der Waals surface area contributed by atoms with Crippen molar-refractivity contribution in [3.8, 4) is 0 Å². The van der Waals surface area contributed by atoms with E-state index >= 15 is 0 Å². The van der Waals surface area contributed by atoms with Crippen molar-refractivity contribution < 1.29 is 20.4 Å². The fourth-order valence-electron chi connectivity index (χ4n) is 8.16. The molecule has 144 valence electrons. The molecule has 25 heavy (non-hydrogen) atoms. The molecule has 0 amide bonds. The summed E-state index contributed by atoms with van der Waals surface area (Å²) in [7, 11) is 0. The lowest BCUT2D eigenvalue weighted by atomic mass is 9.44. The first-order valence-electron chi connectivity index (χ1n) is 10.5. The summed E-state index contributed by atoms with van der Waals surface area (Å²) in [6, 6.07) is 0. The van der Waals surface area contributed by atoms with Gasteiger partial charge in [0.15, 0.2) is 0 Å². The number of aliphatic hydroxyl groups excluding tert-OH is 4. The highest BCUT2D eigenvalue weighted by molar-refractivity contribution is 5.12. The monoisotopic (exact) mass is 352 g/mol. The highest BCUT2D eigenvalue weighted by atomic mass is 16.3. The SMILES string of the molecule is C[C@]12CC[C@@H](O)C[C@H]1CC[C@@H]1[C@@H]2[C@@H](O)C[C@]2(C)[C@@H]([C@H](O)CO)CC[C@@H]12. The predicted octanol–water partition coefficient (Wildman–Crippen LogP) is 2.33. The van der Waals surface area contributed by atoms with Crippen molar-refractivity contribution >= 4 is 0 Å². The summed E-state index contributed by atoms with van der Waals surface area (Å²) in [5.41, 5.74) is 0.0939. The number of fused-ring (bicyclic) bond motifs is 5. The minimum atomic E-state index is -0.657. The van der Waals surface area contributed by atoms with E-state index in [-0.39, 0.29) is 35.6 Å². The second-order valence-electron chi connectivity index (χ2n) is 10.2. The second-order valence-corrected chi connectivity index (χ2v) is 10.2. The third-order valence-corrected chi connectivity index (χ3v) is 9.29. The van der Waals surface area contributed by atoms with Gasteiger partial charge in [0.2, 0.25) is 0 Å². The fourth-order valence-corrected chi connectivity index (χ4v) is 8.16. The van der Waals surface area contributed by atoms with Crippen molar-refractivity contribution in [1.82, 2.24) is 0 Å². The molecular weight excluding hydrogens is 316 g/mol. The van der Waals surface area contributed by atoms with Crippen LogP contribution in [0.5, 0.6) is 0 Å². The van der Waals surface area contributed by atoms with Gasteiger partial charge in [-0.3, -0.25) is 0 Å². The highest BCUT2D eigenvalue weighted by Gasteiger charge is 2.63. The van der Waals surface area contributed by atoms with E-state index in [0.29, 0.717) is 23.7 Å². The van der Waals surface area contributed by atoms with E-state index in [9.17, 15) is 20.4 Å². The summed E-state index contributed by atoms with van der Waals surface area (Å²) in [5, 5.41) is 41.2. The van der Waals surface area contributed by atoms with Crippen LogP contribution in [0.2, 0.25) is 0 Å². The van der Waals surface area contributed by atoms with Crippen molar-refractivity contribution in [2.24, 2.45) is 40.4 Å². The molecular formula is C21H36O4. The molecule has 4 nitrogen and oxygen atoms in total. The van der Waals surface area contributed by atoms with E-state index in [0.717, 1.165) is 44.9 Å². The van der Waals surface area contributed by atoms with Gasteiger partial charge in [-0.2, -0.15) is 0 Å². The molecule has 0 aliphatic heterocycles. The lowest BCUT2D eigenvalue weighted by Gasteiger charge is -2.62. The van der Waals surface area contributed by atoms with Crippen LogP contribution in [0.3, 0.4) is 0 Å². The Balaban J connectivity index is 1.64. The van der Waals surface area contributed by atoms with Crippen LogP contribution >= 0.6 is 0 Å². The van der Waals surface area contributed by atoms with E-state index in [4.69, 9.17) is 0 Å². The van der Waals surface area contributed by atoms with Gasteiger partial charge in [-0.1, -0.05) is 13.8 Å². The van der Waals surface area contributed by atoms with Crippen LogP contribution < -0.4 is 0 Å². The molecule has 10 atom stereocenters.